The van der Waals surface area contributed by atoms with Crippen LogP contribution in [0.5, 0.6) is 0 Å². The molecule has 2 aromatic rings. The molecule has 0 spiro atoms. The van der Waals surface area contributed by atoms with Crippen molar-refractivity contribution >= 4 is 22.4 Å². The number of ether oxygens (including phenoxy) is 1. The van der Waals surface area contributed by atoms with Crippen LogP contribution in [0.3, 0.4) is 0 Å². The lowest BCUT2D eigenvalue weighted by molar-refractivity contribution is -0.117. The zero-order chi connectivity index (χ0) is 16.9. The predicted molar refractivity (Wildman–Crippen MR) is 98.3 cm³/mol. The fourth-order valence-corrected chi connectivity index (χ4v) is 3.54. The zero-order valence-corrected chi connectivity index (χ0v) is 14.5. The van der Waals surface area contributed by atoms with E-state index >= 15 is 0 Å². The minimum absolute atomic E-state index is 0.0432. The number of hydrogen-bond donors (Lipinski definition) is 1. The van der Waals surface area contributed by atoms with Crippen LogP contribution in [0, 0.1) is 0 Å². The van der Waals surface area contributed by atoms with E-state index in [1.54, 1.807) is 7.11 Å². The Balaban J connectivity index is 1.54. The maximum Gasteiger partial charge on any atom is 0.238 e. The Morgan fingerprint density at radius 1 is 1.12 bits per heavy atom. The van der Waals surface area contributed by atoms with Gasteiger partial charge in [-0.05, 0) is 55.6 Å². The maximum absolute atomic E-state index is 12.3. The molecule has 2 aromatic carbocycles. The molecule has 4 heteroatoms. The first-order valence-corrected chi connectivity index (χ1v) is 8.67. The summed E-state index contributed by atoms with van der Waals surface area (Å²) in [5, 5.41) is 5.34. The molecule has 0 unspecified atom stereocenters. The average molecular weight is 326 g/mol. The Kier molecular flexibility index (Phi) is 5.48. The summed E-state index contributed by atoms with van der Waals surface area (Å²) in [6.07, 6.45) is 4.74. The highest BCUT2D eigenvalue weighted by Crippen LogP contribution is 2.24. The van der Waals surface area contributed by atoms with E-state index in [2.05, 4.69) is 22.3 Å². The Morgan fingerprint density at radius 3 is 2.54 bits per heavy atom. The van der Waals surface area contributed by atoms with Gasteiger partial charge in [0.05, 0.1) is 12.6 Å². The number of methoxy groups -OCH3 is 1. The normalized spacial score (nSPS) is 21.1. The van der Waals surface area contributed by atoms with Crippen molar-refractivity contribution < 1.29 is 9.53 Å². The van der Waals surface area contributed by atoms with E-state index in [0.29, 0.717) is 18.7 Å². The molecular formula is C20H26N2O2. The first kappa shape index (κ1) is 16.9. The van der Waals surface area contributed by atoms with E-state index in [1.807, 2.05) is 37.4 Å². The second kappa shape index (κ2) is 7.77. The van der Waals surface area contributed by atoms with E-state index in [4.69, 9.17) is 4.74 Å². The lowest BCUT2D eigenvalue weighted by atomic mass is 9.92. The van der Waals surface area contributed by atoms with Crippen molar-refractivity contribution in [2.75, 3.05) is 26.0 Å². The molecule has 0 aliphatic heterocycles. The monoisotopic (exact) mass is 326 g/mol. The van der Waals surface area contributed by atoms with Gasteiger partial charge in [0.2, 0.25) is 5.91 Å². The first-order chi connectivity index (χ1) is 11.7. The first-order valence-electron chi connectivity index (χ1n) is 8.67. The quantitative estimate of drug-likeness (QED) is 0.911. The summed E-state index contributed by atoms with van der Waals surface area (Å²) in [5.41, 5.74) is 0.857. The molecule has 128 valence electrons. The molecule has 24 heavy (non-hydrogen) atoms. The second-order valence-electron chi connectivity index (χ2n) is 6.69. The fourth-order valence-electron chi connectivity index (χ4n) is 3.54. The maximum atomic E-state index is 12.3. The van der Waals surface area contributed by atoms with Crippen molar-refractivity contribution in [2.45, 2.75) is 37.8 Å². The van der Waals surface area contributed by atoms with Gasteiger partial charge in [-0.1, -0.05) is 30.3 Å². The van der Waals surface area contributed by atoms with Crippen LogP contribution < -0.4 is 5.32 Å². The number of carbonyl (C=O) groups excluding carboxylic acids is 1. The van der Waals surface area contributed by atoms with Crippen LogP contribution in [-0.2, 0) is 9.53 Å². The molecule has 1 aliphatic rings. The highest BCUT2D eigenvalue weighted by atomic mass is 16.5. The van der Waals surface area contributed by atoms with E-state index in [1.165, 1.54) is 5.39 Å². The van der Waals surface area contributed by atoms with Crippen LogP contribution in [0.1, 0.15) is 25.7 Å². The predicted octanol–water partition coefficient (Wildman–Crippen LogP) is 3.67. The molecule has 0 atom stereocenters. The Labute approximate surface area is 143 Å². The summed E-state index contributed by atoms with van der Waals surface area (Å²) in [6.45, 7) is 0.426. The van der Waals surface area contributed by atoms with Gasteiger partial charge in [-0.25, -0.2) is 0 Å². The molecule has 1 fully saturated rings. The van der Waals surface area contributed by atoms with Gasteiger partial charge in [0.15, 0.2) is 0 Å². The summed E-state index contributed by atoms with van der Waals surface area (Å²) in [6, 6.07) is 14.7. The summed E-state index contributed by atoms with van der Waals surface area (Å²) >= 11 is 0. The molecule has 0 saturated heterocycles. The molecular weight excluding hydrogens is 300 g/mol. The third-order valence-electron chi connectivity index (χ3n) is 5.03. The van der Waals surface area contributed by atoms with Crippen LogP contribution >= 0.6 is 0 Å². The van der Waals surface area contributed by atoms with Crippen molar-refractivity contribution in [3.8, 4) is 0 Å². The number of rotatable bonds is 5. The van der Waals surface area contributed by atoms with Crippen LogP contribution in [0.4, 0.5) is 5.69 Å². The van der Waals surface area contributed by atoms with Crippen molar-refractivity contribution in [1.82, 2.24) is 4.90 Å². The zero-order valence-electron chi connectivity index (χ0n) is 14.5. The number of hydrogen-bond acceptors (Lipinski definition) is 3. The number of likely N-dealkylation sites (N-methyl/N-ethyl adjacent to an activating group) is 1. The largest absolute Gasteiger partial charge is 0.381 e. The summed E-state index contributed by atoms with van der Waals surface area (Å²) in [4.78, 5) is 14.5. The molecule has 3 rings (SSSR count). The number of nitrogens with one attached hydrogen (secondary N) is 1. The van der Waals surface area contributed by atoms with Gasteiger partial charge < -0.3 is 10.1 Å². The number of anilines is 1. The minimum Gasteiger partial charge on any atom is -0.381 e. The third-order valence-corrected chi connectivity index (χ3v) is 5.03. The fraction of sp³-hybridized carbons (Fsp3) is 0.450. The van der Waals surface area contributed by atoms with E-state index in [0.717, 1.165) is 36.8 Å². The van der Waals surface area contributed by atoms with E-state index in [9.17, 15) is 4.79 Å². The topological polar surface area (TPSA) is 41.6 Å². The lowest BCUT2D eigenvalue weighted by Gasteiger charge is -2.33. The molecule has 4 nitrogen and oxygen atoms in total. The Bertz CT molecular complexity index is 693. The molecule has 0 bridgehead atoms. The number of benzene rings is 2. The van der Waals surface area contributed by atoms with Gasteiger partial charge in [-0.15, -0.1) is 0 Å². The molecule has 0 heterocycles. The Hall–Kier alpha value is -1.91. The highest BCUT2D eigenvalue weighted by molar-refractivity contribution is 5.95. The van der Waals surface area contributed by atoms with Gasteiger partial charge in [0.25, 0.3) is 0 Å². The van der Waals surface area contributed by atoms with Crippen molar-refractivity contribution in [2.24, 2.45) is 0 Å². The average Bonchev–Trinajstić information content (AvgIpc) is 2.61. The van der Waals surface area contributed by atoms with Crippen LogP contribution in [0.15, 0.2) is 42.5 Å². The minimum atomic E-state index is 0.0432. The van der Waals surface area contributed by atoms with Crippen LogP contribution in [0.2, 0.25) is 0 Å². The van der Waals surface area contributed by atoms with Crippen LogP contribution in [0.25, 0.3) is 10.8 Å². The smallest absolute Gasteiger partial charge is 0.238 e. The van der Waals surface area contributed by atoms with E-state index in [-0.39, 0.29) is 5.91 Å². The lowest BCUT2D eigenvalue weighted by Crippen LogP contribution is -2.41. The number of amides is 1. The van der Waals surface area contributed by atoms with Gasteiger partial charge in [-0.3, -0.25) is 9.69 Å². The van der Waals surface area contributed by atoms with Crippen molar-refractivity contribution in [1.29, 1.82) is 0 Å². The SMILES string of the molecule is COC1CCC(N(C)CC(=O)Nc2ccc3ccccc3c2)CC1. The standard InChI is InChI=1S/C20H26N2O2/c1-22(18-9-11-19(24-2)12-10-18)14-20(23)21-17-8-7-15-5-3-4-6-16(15)13-17/h3-8,13,18-19H,9-12,14H2,1-2H3,(H,21,23). The summed E-state index contributed by atoms with van der Waals surface area (Å²) in [7, 11) is 3.82. The summed E-state index contributed by atoms with van der Waals surface area (Å²) < 4.78 is 5.42. The third kappa shape index (κ3) is 4.13. The number of carbonyl (C=O) groups is 1. The summed E-state index contributed by atoms with van der Waals surface area (Å²) in [5.74, 6) is 0.0432. The van der Waals surface area contributed by atoms with Gasteiger partial charge in [-0.2, -0.15) is 0 Å². The number of nitrogens with zero attached hydrogens (tertiary/aromatic N) is 1. The Morgan fingerprint density at radius 2 is 1.83 bits per heavy atom. The van der Waals surface area contributed by atoms with Crippen molar-refractivity contribution in [3.05, 3.63) is 42.5 Å². The van der Waals surface area contributed by atoms with Gasteiger partial charge >= 0.3 is 0 Å². The second-order valence-corrected chi connectivity index (χ2v) is 6.69. The van der Waals surface area contributed by atoms with Gasteiger partial charge in [0.1, 0.15) is 0 Å². The molecule has 0 aromatic heterocycles. The molecule has 0 radical (unpaired) electrons. The van der Waals surface area contributed by atoms with Gasteiger partial charge in [0, 0.05) is 18.8 Å². The van der Waals surface area contributed by atoms with Crippen molar-refractivity contribution in [3.63, 3.8) is 0 Å². The van der Waals surface area contributed by atoms with E-state index < -0.39 is 0 Å². The molecule has 1 aliphatic carbocycles. The number of fused-ring (bicyclic) bond motifs is 1. The highest BCUT2D eigenvalue weighted by Gasteiger charge is 2.24. The molecule has 1 amide bonds. The molecule has 1 saturated carbocycles. The van der Waals surface area contributed by atoms with Crippen LogP contribution in [-0.4, -0.2) is 43.7 Å². The molecule has 1 N–H and O–H groups in total.